The lowest BCUT2D eigenvalue weighted by molar-refractivity contribution is -0.159. The third-order valence-corrected chi connectivity index (χ3v) is 3.28. The average Bonchev–Trinajstić information content (AvgIpc) is 2.83. The van der Waals surface area contributed by atoms with E-state index in [1.54, 1.807) is 27.7 Å². The number of amides is 1. The van der Waals surface area contributed by atoms with Gasteiger partial charge in [-0.25, -0.2) is 9.59 Å². The number of carbonyl (C=O) groups excluding carboxylic acids is 2. The second-order valence-electron chi connectivity index (χ2n) is 5.51. The Kier molecular flexibility index (Phi) is 6.34. The Balaban J connectivity index is 2.67. The number of anilines is 1. The van der Waals surface area contributed by atoms with Crippen molar-refractivity contribution in [3.8, 4) is 0 Å². The van der Waals surface area contributed by atoms with E-state index in [2.05, 4.69) is 10.1 Å². The highest BCUT2D eigenvalue weighted by molar-refractivity contribution is 7.14. The summed E-state index contributed by atoms with van der Waals surface area (Å²) in [6.07, 6.45) is -3.73. The summed E-state index contributed by atoms with van der Waals surface area (Å²) in [4.78, 5) is 23.0. The van der Waals surface area contributed by atoms with Crippen LogP contribution in [0.25, 0.3) is 0 Å². The lowest BCUT2D eigenvalue weighted by Gasteiger charge is -2.19. The molecule has 2 unspecified atom stereocenters. The van der Waals surface area contributed by atoms with Crippen LogP contribution in [0.3, 0.4) is 0 Å². The molecular formula is C14H21NO6S. The number of hydrogen-bond donors (Lipinski definition) is 3. The molecule has 2 atom stereocenters. The van der Waals surface area contributed by atoms with Crippen molar-refractivity contribution in [1.82, 2.24) is 0 Å². The molecule has 7 nitrogen and oxygen atoms in total. The largest absolute Gasteiger partial charge is 0.464 e. The lowest BCUT2D eigenvalue weighted by atomic mass is 10.1. The molecule has 0 spiro atoms. The molecule has 0 saturated heterocycles. The number of carbonyl (C=O) groups is 2. The molecule has 22 heavy (non-hydrogen) atoms. The Bertz CT molecular complexity index is 522. The molecule has 0 saturated carbocycles. The van der Waals surface area contributed by atoms with Gasteiger partial charge in [-0.05, 0) is 44.7 Å². The van der Waals surface area contributed by atoms with Gasteiger partial charge in [-0.1, -0.05) is 0 Å². The Hall–Kier alpha value is -1.64. The summed E-state index contributed by atoms with van der Waals surface area (Å²) >= 11 is 1.14. The molecule has 0 aliphatic rings. The van der Waals surface area contributed by atoms with Crippen LogP contribution >= 0.6 is 11.3 Å². The summed E-state index contributed by atoms with van der Waals surface area (Å²) < 4.78 is 9.74. The van der Waals surface area contributed by atoms with Crippen LogP contribution < -0.4 is 5.32 Å². The highest BCUT2D eigenvalue weighted by Crippen LogP contribution is 2.28. The predicted molar refractivity (Wildman–Crippen MR) is 81.8 cm³/mol. The van der Waals surface area contributed by atoms with Crippen LogP contribution in [0.15, 0.2) is 11.4 Å². The van der Waals surface area contributed by atoms with Gasteiger partial charge in [-0.2, -0.15) is 0 Å². The number of nitrogens with one attached hydrogen (secondary N) is 1. The first-order valence-corrected chi connectivity index (χ1v) is 7.63. The third-order valence-electron chi connectivity index (χ3n) is 2.41. The quantitative estimate of drug-likeness (QED) is 0.713. The Labute approximate surface area is 132 Å². The maximum absolute atomic E-state index is 11.6. The fraction of sp³-hybridized carbons (Fsp3) is 0.571. The standard InChI is InChI=1S/C14H21NO6S/c1-5-20-12(18)11(17)10(16)8-6-9(22-7-8)15-13(19)21-14(2,3)4/h6-7,10-11,16-17H,5H2,1-4H3,(H,15,19). The van der Waals surface area contributed by atoms with Gasteiger partial charge in [-0.3, -0.25) is 5.32 Å². The van der Waals surface area contributed by atoms with Crippen LogP contribution in [0.5, 0.6) is 0 Å². The van der Waals surface area contributed by atoms with E-state index in [-0.39, 0.29) is 6.61 Å². The monoisotopic (exact) mass is 331 g/mol. The van der Waals surface area contributed by atoms with E-state index in [0.29, 0.717) is 10.6 Å². The molecule has 0 aromatic carbocycles. The van der Waals surface area contributed by atoms with Crippen molar-refractivity contribution in [2.24, 2.45) is 0 Å². The molecule has 8 heteroatoms. The highest BCUT2D eigenvalue weighted by atomic mass is 32.1. The molecule has 0 bridgehead atoms. The van der Waals surface area contributed by atoms with Gasteiger partial charge in [0.05, 0.1) is 11.6 Å². The molecule has 1 rings (SSSR count). The maximum Gasteiger partial charge on any atom is 0.412 e. The zero-order valence-corrected chi connectivity index (χ0v) is 13.8. The second-order valence-corrected chi connectivity index (χ2v) is 6.42. The lowest BCUT2D eigenvalue weighted by Crippen LogP contribution is -2.29. The van der Waals surface area contributed by atoms with E-state index in [9.17, 15) is 19.8 Å². The van der Waals surface area contributed by atoms with Crippen molar-refractivity contribution >= 4 is 28.4 Å². The smallest absolute Gasteiger partial charge is 0.412 e. The summed E-state index contributed by atoms with van der Waals surface area (Å²) in [5.74, 6) is -0.900. The SMILES string of the molecule is CCOC(=O)C(O)C(O)c1csc(NC(=O)OC(C)(C)C)c1. The molecule has 1 aromatic rings. The minimum absolute atomic E-state index is 0.109. The van der Waals surface area contributed by atoms with Crippen LogP contribution in [-0.4, -0.2) is 40.6 Å². The van der Waals surface area contributed by atoms with Crippen LogP contribution in [0, 0.1) is 0 Å². The average molecular weight is 331 g/mol. The summed E-state index contributed by atoms with van der Waals surface area (Å²) in [6.45, 7) is 6.94. The number of ether oxygens (including phenoxy) is 2. The van der Waals surface area contributed by atoms with Gasteiger partial charge >= 0.3 is 12.1 Å². The van der Waals surface area contributed by atoms with Crippen molar-refractivity contribution in [2.75, 3.05) is 11.9 Å². The van der Waals surface area contributed by atoms with Gasteiger partial charge < -0.3 is 19.7 Å². The van der Waals surface area contributed by atoms with Gasteiger partial charge in [0.1, 0.15) is 11.7 Å². The van der Waals surface area contributed by atoms with Gasteiger partial charge in [-0.15, -0.1) is 11.3 Å². The van der Waals surface area contributed by atoms with Gasteiger partial charge in [0.25, 0.3) is 0 Å². The minimum atomic E-state index is -1.68. The number of aliphatic hydroxyl groups is 2. The van der Waals surface area contributed by atoms with Gasteiger partial charge in [0, 0.05) is 0 Å². The zero-order chi connectivity index (χ0) is 16.9. The van der Waals surface area contributed by atoms with E-state index in [1.165, 1.54) is 11.4 Å². The molecule has 124 valence electrons. The first-order valence-electron chi connectivity index (χ1n) is 6.75. The summed E-state index contributed by atoms with van der Waals surface area (Å²) in [5, 5.41) is 24.1. The number of hydrogen-bond acceptors (Lipinski definition) is 7. The minimum Gasteiger partial charge on any atom is -0.464 e. The number of aliphatic hydroxyl groups excluding tert-OH is 2. The van der Waals surface area contributed by atoms with Crippen molar-refractivity contribution in [3.05, 3.63) is 17.0 Å². The number of esters is 1. The van der Waals surface area contributed by atoms with Crippen molar-refractivity contribution < 1.29 is 29.3 Å². The van der Waals surface area contributed by atoms with E-state index < -0.39 is 29.9 Å². The third kappa shape index (κ3) is 5.63. The fourth-order valence-corrected chi connectivity index (χ4v) is 2.33. The maximum atomic E-state index is 11.6. The molecule has 3 N–H and O–H groups in total. The molecule has 0 aliphatic carbocycles. The molecular weight excluding hydrogens is 310 g/mol. The summed E-state index contributed by atoms with van der Waals surface area (Å²) in [6, 6.07) is 1.46. The van der Waals surface area contributed by atoms with E-state index >= 15 is 0 Å². The molecule has 0 aliphatic heterocycles. The van der Waals surface area contributed by atoms with E-state index in [4.69, 9.17) is 4.74 Å². The highest BCUT2D eigenvalue weighted by Gasteiger charge is 2.28. The summed E-state index contributed by atoms with van der Waals surface area (Å²) in [7, 11) is 0. The van der Waals surface area contributed by atoms with Crippen molar-refractivity contribution in [1.29, 1.82) is 0 Å². The van der Waals surface area contributed by atoms with Crippen LogP contribution in [0.4, 0.5) is 9.80 Å². The molecule has 0 radical (unpaired) electrons. The van der Waals surface area contributed by atoms with E-state index in [0.717, 1.165) is 11.3 Å². The molecule has 1 aromatic heterocycles. The van der Waals surface area contributed by atoms with Crippen LogP contribution in [0.2, 0.25) is 0 Å². The van der Waals surface area contributed by atoms with Crippen LogP contribution in [0.1, 0.15) is 39.4 Å². The Morgan fingerprint density at radius 1 is 1.36 bits per heavy atom. The van der Waals surface area contributed by atoms with Gasteiger partial charge in [0.15, 0.2) is 6.10 Å². The topological polar surface area (TPSA) is 105 Å². The molecule has 0 fully saturated rings. The normalized spacial score (nSPS) is 14.1. The van der Waals surface area contributed by atoms with Crippen molar-refractivity contribution in [2.45, 2.75) is 45.5 Å². The van der Waals surface area contributed by atoms with Crippen molar-refractivity contribution in [3.63, 3.8) is 0 Å². The zero-order valence-electron chi connectivity index (χ0n) is 13.0. The van der Waals surface area contributed by atoms with Gasteiger partial charge in [0.2, 0.25) is 0 Å². The molecule has 1 heterocycles. The van der Waals surface area contributed by atoms with E-state index in [1.807, 2.05) is 0 Å². The number of rotatable bonds is 5. The first-order chi connectivity index (χ1) is 10.1. The Morgan fingerprint density at radius 2 is 2.00 bits per heavy atom. The predicted octanol–water partition coefficient (Wildman–Crippen LogP) is 2.05. The fourth-order valence-electron chi connectivity index (χ4n) is 1.51. The summed E-state index contributed by atoms with van der Waals surface area (Å²) in [5.41, 5.74) is -0.319. The molecule has 1 amide bonds. The first kappa shape index (κ1) is 18.4. The number of thiophene rings is 1. The Morgan fingerprint density at radius 3 is 2.55 bits per heavy atom. The second kappa shape index (κ2) is 7.57. The van der Waals surface area contributed by atoms with Crippen LogP contribution in [-0.2, 0) is 14.3 Å².